The van der Waals surface area contributed by atoms with Gasteiger partial charge in [-0.25, -0.2) is 12.7 Å². The van der Waals surface area contributed by atoms with Crippen molar-refractivity contribution in [2.45, 2.75) is 23.7 Å². The number of hydrogen-bond donors (Lipinski definition) is 0. The molecule has 0 bridgehead atoms. The van der Waals surface area contributed by atoms with E-state index >= 15 is 0 Å². The molecule has 0 spiro atoms. The molecule has 6 heteroatoms. The van der Waals surface area contributed by atoms with Crippen LogP contribution in [-0.2, 0) is 21.2 Å². The average Bonchev–Trinajstić information content (AvgIpc) is 3.22. The molecule has 1 aliphatic heterocycles. The van der Waals surface area contributed by atoms with Crippen LogP contribution in [0.2, 0.25) is 0 Å². The molecular formula is C25H26N2O3S. The van der Waals surface area contributed by atoms with Crippen molar-refractivity contribution in [3.05, 3.63) is 95.6 Å². The van der Waals surface area contributed by atoms with Gasteiger partial charge in [0, 0.05) is 38.7 Å². The van der Waals surface area contributed by atoms with Crippen LogP contribution >= 0.6 is 0 Å². The Kier molecular flexibility index (Phi) is 5.94. The maximum absolute atomic E-state index is 13.4. The third-order valence-electron chi connectivity index (χ3n) is 5.81. The number of rotatable bonds is 6. The van der Waals surface area contributed by atoms with Crippen LogP contribution in [0, 0.1) is 0 Å². The summed E-state index contributed by atoms with van der Waals surface area (Å²) >= 11 is 0. The molecule has 1 aliphatic rings. The molecule has 3 aromatic carbocycles. The van der Waals surface area contributed by atoms with Crippen LogP contribution < -0.4 is 4.90 Å². The Hall–Kier alpha value is -2.96. The topological polar surface area (TPSA) is 57.7 Å². The zero-order chi connectivity index (χ0) is 22.0. The van der Waals surface area contributed by atoms with Gasteiger partial charge in [0.15, 0.2) is 0 Å². The quantitative estimate of drug-likeness (QED) is 0.588. The van der Waals surface area contributed by atoms with E-state index in [2.05, 4.69) is 24.3 Å². The first kappa shape index (κ1) is 21.3. The molecule has 0 fully saturated rings. The van der Waals surface area contributed by atoms with E-state index in [1.165, 1.54) is 18.4 Å². The number of amides is 1. The van der Waals surface area contributed by atoms with Crippen molar-refractivity contribution in [2.75, 3.05) is 25.5 Å². The minimum absolute atomic E-state index is 0.0349. The van der Waals surface area contributed by atoms with Gasteiger partial charge in [0.2, 0.25) is 15.9 Å². The maximum atomic E-state index is 13.4. The van der Waals surface area contributed by atoms with Gasteiger partial charge in [0.05, 0.1) is 4.90 Å². The molecule has 0 unspecified atom stereocenters. The number of fused-ring (bicyclic) bond motifs is 1. The van der Waals surface area contributed by atoms with Crippen molar-refractivity contribution >= 4 is 21.6 Å². The fourth-order valence-corrected chi connectivity index (χ4v) is 5.04. The summed E-state index contributed by atoms with van der Waals surface area (Å²) in [5.41, 5.74) is 3.91. The second kappa shape index (κ2) is 8.65. The number of sulfonamides is 1. The molecule has 0 radical (unpaired) electrons. The lowest BCUT2D eigenvalue weighted by molar-refractivity contribution is -0.118. The number of benzene rings is 3. The van der Waals surface area contributed by atoms with Gasteiger partial charge in [-0.3, -0.25) is 4.79 Å². The van der Waals surface area contributed by atoms with Crippen LogP contribution in [0.1, 0.15) is 29.0 Å². The summed E-state index contributed by atoms with van der Waals surface area (Å²) in [5.74, 6) is 0.00650. The summed E-state index contributed by atoms with van der Waals surface area (Å²) < 4.78 is 26.1. The maximum Gasteiger partial charge on any atom is 0.242 e. The third kappa shape index (κ3) is 4.27. The monoisotopic (exact) mass is 434 g/mol. The van der Waals surface area contributed by atoms with Gasteiger partial charge in [-0.05, 0) is 41.3 Å². The summed E-state index contributed by atoms with van der Waals surface area (Å²) in [6.07, 6.45) is 1.00. The van der Waals surface area contributed by atoms with Crippen molar-refractivity contribution in [3.63, 3.8) is 0 Å². The van der Waals surface area contributed by atoms with E-state index in [-0.39, 0.29) is 16.7 Å². The first-order valence-electron chi connectivity index (χ1n) is 10.3. The Morgan fingerprint density at radius 3 is 2.06 bits per heavy atom. The highest BCUT2D eigenvalue weighted by molar-refractivity contribution is 7.89. The molecule has 1 amide bonds. The number of carbonyl (C=O) groups is 1. The highest BCUT2D eigenvalue weighted by Crippen LogP contribution is 2.34. The van der Waals surface area contributed by atoms with Crippen LogP contribution in [0.4, 0.5) is 5.69 Å². The molecule has 0 saturated heterocycles. The summed E-state index contributed by atoms with van der Waals surface area (Å²) in [5, 5.41) is 0. The van der Waals surface area contributed by atoms with Crippen molar-refractivity contribution in [1.29, 1.82) is 0 Å². The van der Waals surface area contributed by atoms with Crippen LogP contribution in [0.3, 0.4) is 0 Å². The smallest absolute Gasteiger partial charge is 0.242 e. The van der Waals surface area contributed by atoms with Gasteiger partial charge in [-0.1, -0.05) is 60.7 Å². The normalized spacial score (nSPS) is 13.6. The lowest BCUT2D eigenvalue weighted by Crippen LogP contribution is -2.30. The Morgan fingerprint density at radius 1 is 0.935 bits per heavy atom. The highest BCUT2D eigenvalue weighted by atomic mass is 32.2. The van der Waals surface area contributed by atoms with Crippen LogP contribution in [0.5, 0.6) is 0 Å². The number of hydrogen-bond acceptors (Lipinski definition) is 3. The molecule has 0 N–H and O–H groups in total. The predicted molar refractivity (Wildman–Crippen MR) is 123 cm³/mol. The standard InChI is InChI=1S/C25H26N2O3S/c1-26(2)31(29,30)22-13-14-24-21(17-22)15-16-27(24)25(28)18-23(19-9-5-3-6-10-19)20-11-7-4-8-12-20/h3-14,17,23H,15-16,18H2,1-2H3. The van der Waals surface area contributed by atoms with E-state index in [9.17, 15) is 13.2 Å². The SMILES string of the molecule is CN(C)S(=O)(=O)c1ccc2c(c1)CCN2C(=O)CC(c1ccccc1)c1ccccc1. The lowest BCUT2D eigenvalue weighted by Gasteiger charge is -2.23. The van der Waals surface area contributed by atoms with Crippen LogP contribution in [0.25, 0.3) is 0 Å². The molecule has 0 aliphatic carbocycles. The molecule has 0 saturated carbocycles. The van der Waals surface area contributed by atoms with Gasteiger partial charge >= 0.3 is 0 Å². The van der Waals surface area contributed by atoms with Gasteiger partial charge in [0.1, 0.15) is 0 Å². The molecule has 1 heterocycles. The zero-order valence-electron chi connectivity index (χ0n) is 17.7. The first-order valence-corrected chi connectivity index (χ1v) is 11.8. The lowest BCUT2D eigenvalue weighted by atomic mass is 9.88. The average molecular weight is 435 g/mol. The summed E-state index contributed by atoms with van der Waals surface area (Å²) in [7, 11) is -0.458. The van der Waals surface area contributed by atoms with Gasteiger partial charge in [-0.2, -0.15) is 0 Å². The van der Waals surface area contributed by atoms with Gasteiger partial charge < -0.3 is 4.90 Å². The number of carbonyl (C=O) groups excluding carboxylic acids is 1. The Labute approximate surface area is 184 Å². The van der Waals surface area contributed by atoms with E-state index in [1.54, 1.807) is 23.1 Å². The van der Waals surface area contributed by atoms with E-state index in [0.717, 1.165) is 22.4 Å². The molecule has 3 aromatic rings. The third-order valence-corrected chi connectivity index (χ3v) is 7.62. The summed E-state index contributed by atoms with van der Waals surface area (Å²) in [4.78, 5) is 15.4. The van der Waals surface area contributed by atoms with Crippen molar-refractivity contribution in [3.8, 4) is 0 Å². The zero-order valence-corrected chi connectivity index (χ0v) is 18.5. The summed E-state index contributed by atoms with van der Waals surface area (Å²) in [6.45, 7) is 0.565. The van der Waals surface area contributed by atoms with Crippen molar-refractivity contribution < 1.29 is 13.2 Å². The molecule has 31 heavy (non-hydrogen) atoms. The van der Waals surface area contributed by atoms with E-state index < -0.39 is 10.0 Å². The van der Waals surface area contributed by atoms with E-state index in [4.69, 9.17) is 0 Å². The molecule has 0 atom stereocenters. The fraction of sp³-hybridized carbons (Fsp3) is 0.240. The summed E-state index contributed by atoms with van der Waals surface area (Å²) in [6, 6.07) is 25.2. The molecule has 160 valence electrons. The number of nitrogens with zero attached hydrogens (tertiary/aromatic N) is 2. The Balaban J connectivity index is 1.61. The second-order valence-corrected chi connectivity index (χ2v) is 10.1. The Morgan fingerprint density at radius 2 is 1.52 bits per heavy atom. The molecule has 4 rings (SSSR count). The van der Waals surface area contributed by atoms with Crippen LogP contribution in [-0.4, -0.2) is 39.3 Å². The van der Waals surface area contributed by atoms with Gasteiger partial charge in [-0.15, -0.1) is 0 Å². The van der Waals surface area contributed by atoms with Gasteiger partial charge in [0.25, 0.3) is 0 Å². The predicted octanol–water partition coefficient (Wildman–Crippen LogP) is 4.05. The fourth-order valence-electron chi connectivity index (χ4n) is 4.09. The van der Waals surface area contributed by atoms with Crippen molar-refractivity contribution in [2.24, 2.45) is 0 Å². The highest BCUT2D eigenvalue weighted by Gasteiger charge is 2.29. The first-order chi connectivity index (χ1) is 14.9. The largest absolute Gasteiger partial charge is 0.312 e. The minimum Gasteiger partial charge on any atom is -0.312 e. The van der Waals surface area contributed by atoms with Crippen LogP contribution in [0.15, 0.2) is 83.8 Å². The second-order valence-electron chi connectivity index (χ2n) is 7.95. The molecule has 0 aromatic heterocycles. The Bertz CT molecular complexity index is 1140. The molecular weight excluding hydrogens is 408 g/mol. The van der Waals surface area contributed by atoms with Crippen molar-refractivity contribution in [1.82, 2.24) is 4.31 Å². The molecule has 5 nitrogen and oxygen atoms in total. The minimum atomic E-state index is -3.50. The van der Waals surface area contributed by atoms with E-state index in [0.29, 0.717) is 19.4 Å². The number of anilines is 1. The van der Waals surface area contributed by atoms with E-state index in [1.807, 2.05) is 36.4 Å².